The van der Waals surface area contributed by atoms with Gasteiger partial charge in [-0.3, -0.25) is 15.0 Å². The molecule has 7 heteroatoms. The normalized spacial score (nSPS) is 10.9. The van der Waals surface area contributed by atoms with Crippen LogP contribution in [0.3, 0.4) is 0 Å². The number of carbonyl (C=O) groups excluding carboxylic acids is 1. The number of halogens is 2. The van der Waals surface area contributed by atoms with Crippen LogP contribution in [0.2, 0.25) is 10.0 Å². The molecule has 0 aliphatic heterocycles. The molecule has 0 amide bonds. The van der Waals surface area contributed by atoms with Crippen LogP contribution in [0.5, 0.6) is 0 Å². The predicted molar refractivity (Wildman–Crippen MR) is 109 cm³/mol. The van der Waals surface area contributed by atoms with Gasteiger partial charge in [-0.2, -0.15) is 10.2 Å². The minimum atomic E-state index is -0.0514. The molecule has 0 unspecified atom stereocenters. The zero-order valence-corrected chi connectivity index (χ0v) is 16.3. The fourth-order valence-electron chi connectivity index (χ4n) is 3.15. The molecule has 2 aromatic heterocycles. The molecule has 0 saturated carbocycles. The molecule has 0 aliphatic rings. The minimum Gasteiger partial charge on any atom is -0.289 e. The van der Waals surface area contributed by atoms with E-state index in [0.29, 0.717) is 45.4 Å². The highest BCUT2D eigenvalue weighted by Crippen LogP contribution is 2.24. The Bertz CT molecular complexity index is 1040. The molecule has 0 aliphatic carbocycles. The first-order chi connectivity index (χ1) is 13.6. The minimum absolute atomic E-state index is 0.0514. The number of aromatic nitrogens is 4. The summed E-state index contributed by atoms with van der Waals surface area (Å²) in [6.07, 6.45) is 4.20. The van der Waals surface area contributed by atoms with Gasteiger partial charge in [0.1, 0.15) is 0 Å². The van der Waals surface area contributed by atoms with E-state index in [9.17, 15) is 4.79 Å². The molecule has 4 rings (SSSR count). The van der Waals surface area contributed by atoms with Crippen molar-refractivity contribution in [3.63, 3.8) is 0 Å². The van der Waals surface area contributed by atoms with E-state index in [4.69, 9.17) is 23.2 Å². The van der Waals surface area contributed by atoms with E-state index < -0.39 is 0 Å². The van der Waals surface area contributed by atoms with Gasteiger partial charge >= 0.3 is 0 Å². The van der Waals surface area contributed by atoms with Gasteiger partial charge in [0.25, 0.3) is 0 Å². The Balaban J connectivity index is 1.69. The third-order valence-corrected chi connectivity index (χ3v) is 5.23. The number of hydrogen-bond acceptors (Lipinski definition) is 3. The second kappa shape index (κ2) is 8.00. The van der Waals surface area contributed by atoms with Crippen molar-refractivity contribution < 1.29 is 4.79 Å². The van der Waals surface area contributed by atoms with Crippen molar-refractivity contribution in [1.82, 2.24) is 20.4 Å². The number of aromatic amines is 2. The van der Waals surface area contributed by atoms with Crippen LogP contribution in [-0.4, -0.2) is 26.2 Å². The van der Waals surface area contributed by atoms with Gasteiger partial charge in [-0.05, 0) is 11.1 Å². The highest BCUT2D eigenvalue weighted by molar-refractivity contribution is 6.31. The van der Waals surface area contributed by atoms with E-state index in [2.05, 4.69) is 20.4 Å². The zero-order valence-electron chi connectivity index (χ0n) is 14.7. The van der Waals surface area contributed by atoms with Crippen LogP contribution in [-0.2, 0) is 12.8 Å². The molecule has 2 heterocycles. The summed E-state index contributed by atoms with van der Waals surface area (Å²) in [5.41, 5.74) is 4.41. The molecule has 2 aromatic carbocycles. The standard InChI is InChI=1S/C21H16Cl2N4O/c22-17-11-24-26-19(17)9-13-5-1-3-7-15(13)21(28)16-8-4-2-6-14(16)10-20-18(23)12-25-27-20/h1-8,11-12H,9-10H2,(H,24,26)(H,25,27). The third-order valence-electron chi connectivity index (χ3n) is 4.57. The lowest BCUT2D eigenvalue weighted by Gasteiger charge is -2.11. The van der Waals surface area contributed by atoms with Gasteiger partial charge in [0.2, 0.25) is 0 Å². The quantitative estimate of drug-likeness (QED) is 0.446. The molecule has 2 N–H and O–H groups in total. The van der Waals surface area contributed by atoms with Crippen LogP contribution < -0.4 is 0 Å². The summed E-state index contributed by atoms with van der Waals surface area (Å²) in [5.74, 6) is -0.0514. The average molecular weight is 411 g/mol. The Morgan fingerprint density at radius 1 is 0.750 bits per heavy atom. The molecule has 0 saturated heterocycles. The summed E-state index contributed by atoms with van der Waals surface area (Å²) in [7, 11) is 0. The average Bonchev–Trinajstić information content (AvgIpc) is 3.30. The maximum atomic E-state index is 13.4. The van der Waals surface area contributed by atoms with E-state index in [1.165, 1.54) is 0 Å². The van der Waals surface area contributed by atoms with Crippen molar-refractivity contribution in [1.29, 1.82) is 0 Å². The lowest BCUT2D eigenvalue weighted by atomic mass is 9.92. The number of benzene rings is 2. The third kappa shape index (κ3) is 3.72. The maximum absolute atomic E-state index is 13.4. The monoisotopic (exact) mass is 410 g/mol. The summed E-state index contributed by atoms with van der Waals surface area (Å²) in [6.45, 7) is 0. The van der Waals surface area contributed by atoms with Crippen LogP contribution >= 0.6 is 23.2 Å². The molecule has 0 bridgehead atoms. The van der Waals surface area contributed by atoms with E-state index in [0.717, 1.165) is 11.1 Å². The predicted octanol–water partition coefficient (Wildman–Crippen LogP) is 4.85. The van der Waals surface area contributed by atoms with Gasteiger partial charge in [0.05, 0.1) is 21.4 Å². The smallest absolute Gasteiger partial charge is 0.193 e. The first-order valence-corrected chi connectivity index (χ1v) is 9.46. The number of nitrogens with zero attached hydrogens (tertiary/aromatic N) is 2. The molecule has 0 fully saturated rings. The fourth-order valence-corrected chi connectivity index (χ4v) is 3.47. The van der Waals surface area contributed by atoms with Crippen molar-refractivity contribution in [3.05, 3.63) is 105 Å². The SMILES string of the molecule is O=C(c1ccccc1Cc1n[nH]cc1Cl)c1ccccc1Cc1n[nH]cc1Cl. The maximum Gasteiger partial charge on any atom is 0.193 e. The lowest BCUT2D eigenvalue weighted by Crippen LogP contribution is -2.09. The Kier molecular flexibility index (Phi) is 5.28. The van der Waals surface area contributed by atoms with Crippen molar-refractivity contribution in [3.8, 4) is 0 Å². The highest BCUT2D eigenvalue weighted by Gasteiger charge is 2.19. The van der Waals surface area contributed by atoms with Crippen molar-refractivity contribution >= 4 is 29.0 Å². The number of carbonyl (C=O) groups is 1. The molecular weight excluding hydrogens is 395 g/mol. The van der Waals surface area contributed by atoms with E-state index in [1.54, 1.807) is 12.4 Å². The summed E-state index contributed by atoms with van der Waals surface area (Å²) in [6, 6.07) is 15.0. The molecule has 140 valence electrons. The highest BCUT2D eigenvalue weighted by atomic mass is 35.5. The summed E-state index contributed by atoms with van der Waals surface area (Å²) in [5, 5.41) is 14.9. The molecule has 0 atom stereocenters. The van der Waals surface area contributed by atoms with E-state index in [1.807, 2.05) is 48.5 Å². The number of H-pyrrole nitrogens is 2. The first kappa shape index (κ1) is 18.5. The number of ketones is 1. The molecule has 5 nitrogen and oxygen atoms in total. The molecule has 28 heavy (non-hydrogen) atoms. The van der Waals surface area contributed by atoms with Crippen LogP contribution in [0.15, 0.2) is 60.9 Å². The van der Waals surface area contributed by atoms with Gasteiger partial charge in [0.15, 0.2) is 5.78 Å². The van der Waals surface area contributed by atoms with Crippen LogP contribution in [0.25, 0.3) is 0 Å². The zero-order chi connectivity index (χ0) is 19.5. The van der Waals surface area contributed by atoms with Crippen LogP contribution in [0, 0.1) is 0 Å². The second-order valence-corrected chi connectivity index (χ2v) is 7.17. The second-order valence-electron chi connectivity index (χ2n) is 6.36. The van der Waals surface area contributed by atoms with Crippen LogP contribution in [0.1, 0.15) is 38.4 Å². The molecule has 4 aromatic rings. The number of rotatable bonds is 6. The first-order valence-electron chi connectivity index (χ1n) is 8.70. The largest absolute Gasteiger partial charge is 0.289 e. The van der Waals surface area contributed by atoms with Gasteiger partial charge in [0, 0.05) is 36.4 Å². The summed E-state index contributed by atoms with van der Waals surface area (Å²) >= 11 is 12.3. The lowest BCUT2D eigenvalue weighted by molar-refractivity contribution is 0.103. The van der Waals surface area contributed by atoms with E-state index in [-0.39, 0.29) is 5.78 Å². The van der Waals surface area contributed by atoms with Crippen molar-refractivity contribution in [2.75, 3.05) is 0 Å². The summed E-state index contributed by atoms with van der Waals surface area (Å²) in [4.78, 5) is 13.4. The van der Waals surface area contributed by atoms with Gasteiger partial charge in [-0.25, -0.2) is 0 Å². The Morgan fingerprint density at radius 2 is 1.18 bits per heavy atom. The Hall–Kier alpha value is -2.89. The Morgan fingerprint density at radius 3 is 1.57 bits per heavy atom. The summed E-state index contributed by atoms with van der Waals surface area (Å²) < 4.78 is 0. The Labute approximate surface area is 171 Å². The van der Waals surface area contributed by atoms with Crippen molar-refractivity contribution in [2.24, 2.45) is 0 Å². The molecule has 0 spiro atoms. The van der Waals surface area contributed by atoms with E-state index >= 15 is 0 Å². The fraction of sp³-hybridized carbons (Fsp3) is 0.0952. The molecule has 0 radical (unpaired) electrons. The topological polar surface area (TPSA) is 74.4 Å². The van der Waals surface area contributed by atoms with Gasteiger partial charge in [-0.1, -0.05) is 71.7 Å². The van der Waals surface area contributed by atoms with Gasteiger partial charge < -0.3 is 0 Å². The van der Waals surface area contributed by atoms with Crippen LogP contribution in [0.4, 0.5) is 0 Å². The van der Waals surface area contributed by atoms with Crippen molar-refractivity contribution in [2.45, 2.75) is 12.8 Å². The number of hydrogen-bond donors (Lipinski definition) is 2. The molecular formula is C21H16Cl2N4O. The number of nitrogens with one attached hydrogen (secondary N) is 2. The van der Waals surface area contributed by atoms with Gasteiger partial charge in [-0.15, -0.1) is 0 Å².